The first-order chi connectivity index (χ1) is 7.11. The maximum absolute atomic E-state index is 10.8. The molecule has 0 aliphatic rings. The van der Waals surface area contributed by atoms with Crippen molar-refractivity contribution in [3.8, 4) is 11.6 Å². The van der Waals surface area contributed by atoms with Crippen LogP contribution < -0.4 is 0 Å². The molecule has 0 aliphatic heterocycles. The number of imidazole rings is 2. The molecule has 78 valence electrons. The molecule has 2 aromatic rings. The van der Waals surface area contributed by atoms with E-state index in [0.29, 0.717) is 11.6 Å². The summed E-state index contributed by atoms with van der Waals surface area (Å²) in [6, 6.07) is 0. The smallest absolute Gasteiger partial charge is 0.354 e. The number of aromatic carboxylic acids is 1. The third-order valence-corrected chi connectivity index (χ3v) is 2.23. The van der Waals surface area contributed by atoms with Crippen LogP contribution in [-0.2, 0) is 14.1 Å². The lowest BCUT2D eigenvalue weighted by atomic mass is 10.5. The Morgan fingerprint density at radius 3 is 2.53 bits per heavy atom. The van der Waals surface area contributed by atoms with Crippen molar-refractivity contribution in [1.82, 2.24) is 19.1 Å². The monoisotopic (exact) mass is 206 g/mol. The van der Waals surface area contributed by atoms with Gasteiger partial charge >= 0.3 is 5.97 Å². The predicted octanol–water partition coefficient (Wildman–Crippen LogP) is 0.519. The van der Waals surface area contributed by atoms with Gasteiger partial charge in [-0.15, -0.1) is 0 Å². The first kappa shape index (κ1) is 9.45. The molecule has 2 aromatic heterocycles. The molecule has 6 nitrogen and oxygen atoms in total. The first-order valence-electron chi connectivity index (χ1n) is 4.34. The van der Waals surface area contributed by atoms with Crippen molar-refractivity contribution in [3.63, 3.8) is 0 Å². The zero-order valence-corrected chi connectivity index (χ0v) is 8.38. The summed E-state index contributed by atoms with van der Waals surface area (Å²) >= 11 is 0. The SMILES string of the molecule is Cn1ccnc1-c1ncc(C(=O)O)n1C. The third kappa shape index (κ3) is 1.39. The zero-order chi connectivity index (χ0) is 11.0. The quantitative estimate of drug-likeness (QED) is 0.777. The molecule has 0 radical (unpaired) electrons. The Hall–Kier alpha value is -2.11. The van der Waals surface area contributed by atoms with Gasteiger partial charge in [0, 0.05) is 26.5 Å². The Balaban J connectivity index is 2.56. The summed E-state index contributed by atoms with van der Waals surface area (Å²) in [6.45, 7) is 0. The molecule has 2 heterocycles. The van der Waals surface area contributed by atoms with Crippen molar-refractivity contribution in [2.75, 3.05) is 0 Å². The van der Waals surface area contributed by atoms with Gasteiger partial charge < -0.3 is 14.2 Å². The molecule has 0 aliphatic carbocycles. The highest BCUT2D eigenvalue weighted by atomic mass is 16.4. The van der Waals surface area contributed by atoms with Gasteiger partial charge in [0.15, 0.2) is 11.6 Å². The lowest BCUT2D eigenvalue weighted by Crippen LogP contribution is -2.06. The number of hydrogen-bond donors (Lipinski definition) is 1. The van der Waals surface area contributed by atoms with E-state index in [1.807, 2.05) is 7.05 Å². The minimum atomic E-state index is -0.995. The summed E-state index contributed by atoms with van der Waals surface area (Å²) < 4.78 is 3.29. The van der Waals surface area contributed by atoms with E-state index in [2.05, 4.69) is 9.97 Å². The van der Waals surface area contributed by atoms with Gasteiger partial charge in [-0.25, -0.2) is 14.8 Å². The molecule has 0 saturated heterocycles. The van der Waals surface area contributed by atoms with E-state index < -0.39 is 5.97 Å². The van der Waals surface area contributed by atoms with Crippen molar-refractivity contribution in [2.24, 2.45) is 14.1 Å². The van der Waals surface area contributed by atoms with Crippen LogP contribution in [0.25, 0.3) is 11.6 Å². The molecule has 0 amide bonds. The Morgan fingerprint density at radius 2 is 2.07 bits per heavy atom. The van der Waals surface area contributed by atoms with Gasteiger partial charge in [-0.2, -0.15) is 0 Å². The number of nitrogens with zero attached hydrogens (tertiary/aromatic N) is 4. The second-order valence-electron chi connectivity index (χ2n) is 3.19. The summed E-state index contributed by atoms with van der Waals surface area (Å²) in [5, 5.41) is 8.86. The van der Waals surface area contributed by atoms with Gasteiger partial charge in [-0.1, -0.05) is 0 Å². The van der Waals surface area contributed by atoms with Gasteiger partial charge in [0.1, 0.15) is 5.69 Å². The van der Waals surface area contributed by atoms with Gasteiger partial charge in [0.05, 0.1) is 6.20 Å². The highest BCUT2D eigenvalue weighted by Crippen LogP contribution is 2.15. The molecule has 0 atom stereocenters. The molecule has 0 unspecified atom stereocenters. The second-order valence-corrected chi connectivity index (χ2v) is 3.19. The molecular weight excluding hydrogens is 196 g/mol. The van der Waals surface area contributed by atoms with E-state index in [4.69, 9.17) is 5.11 Å². The van der Waals surface area contributed by atoms with Crippen molar-refractivity contribution >= 4 is 5.97 Å². The number of aromatic nitrogens is 4. The molecule has 0 spiro atoms. The summed E-state index contributed by atoms with van der Waals surface area (Å²) in [4.78, 5) is 18.9. The van der Waals surface area contributed by atoms with E-state index in [1.165, 1.54) is 10.8 Å². The Morgan fingerprint density at radius 1 is 1.33 bits per heavy atom. The molecule has 15 heavy (non-hydrogen) atoms. The van der Waals surface area contributed by atoms with Gasteiger partial charge in [-0.05, 0) is 0 Å². The number of carboxylic acids is 1. The van der Waals surface area contributed by atoms with E-state index in [9.17, 15) is 4.79 Å². The van der Waals surface area contributed by atoms with Gasteiger partial charge in [-0.3, -0.25) is 0 Å². The summed E-state index contributed by atoms with van der Waals surface area (Å²) in [6.07, 6.45) is 4.75. The molecule has 0 bridgehead atoms. The average Bonchev–Trinajstić information content (AvgIpc) is 2.71. The molecule has 0 saturated carbocycles. The molecule has 0 aromatic carbocycles. The topological polar surface area (TPSA) is 72.9 Å². The molecule has 2 rings (SSSR count). The minimum absolute atomic E-state index is 0.146. The van der Waals surface area contributed by atoms with E-state index >= 15 is 0 Å². The average molecular weight is 206 g/mol. The predicted molar refractivity (Wildman–Crippen MR) is 52.4 cm³/mol. The van der Waals surface area contributed by atoms with E-state index in [-0.39, 0.29) is 5.69 Å². The lowest BCUT2D eigenvalue weighted by molar-refractivity contribution is 0.0686. The van der Waals surface area contributed by atoms with Crippen LogP contribution in [0, 0.1) is 0 Å². The maximum atomic E-state index is 10.8. The molecule has 6 heteroatoms. The highest BCUT2D eigenvalue weighted by molar-refractivity contribution is 5.86. The highest BCUT2D eigenvalue weighted by Gasteiger charge is 2.15. The van der Waals surface area contributed by atoms with Crippen LogP contribution in [0.3, 0.4) is 0 Å². The Bertz CT molecular complexity index is 512. The number of carboxylic acid groups (broad SMARTS) is 1. The van der Waals surface area contributed by atoms with Crippen LogP contribution in [-0.4, -0.2) is 30.2 Å². The van der Waals surface area contributed by atoms with Crippen LogP contribution in [0.1, 0.15) is 10.5 Å². The number of hydrogen-bond acceptors (Lipinski definition) is 3. The minimum Gasteiger partial charge on any atom is -0.477 e. The Labute approximate surface area is 85.8 Å². The summed E-state index contributed by atoms with van der Waals surface area (Å²) in [5.74, 6) is 0.190. The summed E-state index contributed by atoms with van der Waals surface area (Å²) in [7, 11) is 3.48. The number of carbonyl (C=O) groups is 1. The fourth-order valence-electron chi connectivity index (χ4n) is 1.40. The fourth-order valence-corrected chi connectivity index (χ4v) is 1.40. The standard InChI is InChI=1S/C9H10N4O2/c1-12-4-3-10-7(12)8-11-5-6(9(14)15)13(8)2/h3-5H,1-2H3,(H,14,15). The van der Waals surface area contributed by atoms with Crippen molar-refractivity contribution in [1.29, 1.82) is 0 Å². The van der Waals surface area contributed by atoms with Crippen molar-refractivity contribution in [2.45, 2.75) is 0 Å². The normalized spacial score (nSPS) is 10.5. The van der Waals surface area contributed by atoms with Gasteiger partial charge in [0.2, 0.25) is 0 Å². The van der Waals surface area contributed by atoms with Crippen LogP contribution in [0.4, 0.5) is 0 Å². The van der Waals surface area contributed by atoms with E-state index in [1.54, 1.807) is 24.0 Å². The van der Waals surface area contributed by atoms with Crippen LogP contribution in [0.15, 0.2) is 18.6 Å². The molecular formula is C9H10N4O2. The first-order valence-corrected chi connectivity index (χ1v) is 4.34. The summed E-state index contributed by atoms with van der Waals surface area (Å²) in [5.41, 5.74) is 0.146. The van der Waals surface area contributed by atoms with Gasteiger partial charge in [0.25, 0.3) is 0 Å². The van der Waals surface area contributed by atoms with Crippen LogP contribution in [0.5, 0.6) is 0 Å². The van der Waals surface area contributed by atoms with Crippen molar-refractivity contribution in [3.05, 3.63) is 24.3 Å². The Kier molecular flexibility index (Phi) is 2.03. The maximum Gasteiger partial charge on any atom is 0.354 e. The third-order valence-electron chi connectivity index (χ3n) is 2.23. The largest absolute Gasteiger partial charge is 0.477 e. The zero-order valence-electron chi connectivity index (χ0n) is 8.38. The number of rotatable bonds is 2. The molecule has 1 N–H and O–H groups in total. The fraction of sp³-hybridized carbons (Fsp3) is 0.222. The van der Waals surface area contributed by atoms with Crippen LogP contribution >= 0.6 is 0 Å². The van der Waals surface area contributed by atoms with E-state index in [0.717, 1.165) is 0 Å². The number of aryl methyl sites for hydroxylation is 1. The van der Waals surface area contributed by atoms with Crippen molar-refractivity contribution < 1.29 is 9.90 Å². The second kappa shape index (κ2) is 3.23. The lowest BCUT2D eigenvalue weighted by Gasteiger charge is -2.02. The molecule has 0 fully saturated rings. The van der Waals surface area contributed by atoms with Crippen LogP contribution in [0.2, 0.25) is 0 Å².